The molecule has 0 amide bonds. The molecule has 1 fully saturated rings. The van der Waals surface area contributed by atoms with E-state index in [-0.39, 0.29) is 0 Å². The van der Waals surface area contributed by atoms with Crippen molar-refractivity contribution in [1.82, 2.24) is 14.6 Å². The van der Waals surface area contributed by atoms with Crippen molar-refractivity contribution in [2.45, 2.75) is 57.5 Å². The zero-order valence-corrected chi connectivity index (χ0v) is 21.9. The lowest BCUT2D eigenvalue weighted by Gasteiger charge is -2.28. The molecule has 4 aromatic rings. The van der Waals surface area contributed by atoms with E-state index in [0.29, 0.717) is 18.7 Å². The van der Waals surface area contributed by atoms with E-state index in [2.05, 4.69) is 34.8 Å². The number of fused-ring (bicyclic) bond motifs is 1. The molecule has 0 radical (unpaired) electrons. The molecule has 1 aliphatic rings. The number of nitrogens with zero attached hydrogens (tertiary/aromatic N) is 3. The molecular formula is C28H31F3N6O3. The fourth-order valence-corrected chi connectivity index (χ4v) is 4.28. The zero-order chi connectivity index (χ0) is 28.7. The molecule has 0 saturated heterocycles. The smallest absolute Gasteiger partial charge is 0.489 e. The van der Waals surface area contributed by atoms with E-state index in [0.717, 1.165) is 65.5 Å². The summed E-state index contributed by atoms with van der Waals surface area (Å²) in [5.74, 6) is -0.128. The first-order chi connectivity index (χ1) is 19.1. The predicted octanol–water partition coefficient (Wildman–Crippen LogP) is 5.68. The highest BCUT2D eigenvalue weighted by Crippen LogP contribution is 2.29. The molecule has 0 atom stereocenters. The molecule has 12 heteroatoms. The molecule has 212 valence electrons. The molecule has 0 unspecified atom stereocenters. The summed E-state index contributed by atoms with van der Waals surface area (Å²) in [5.41, 5.74) is 10.0. The maximum absolute atomic E-state index is 10.6. The zero-order valence-electron chi connectivity index (χ0n) is 21.9. The number of benzene rings is 2. The Bertz CT molecular complexity index is 1400. The molecule has 5 N–H and O–H groups in total. The van der Waals surface area contributed by atoms with Gasteiger partial charge in [-0.25, -0.2) is 9.78 Å². The van der Waals surface area contributed by atoms with Gasteiger partial charge in [-0.1, -0.05) is 30.3 Å². The van der Waals surface area contributed by atoms with Crippen molar-refractivity contribution < 1.29 is 27.8 Å². The normalized spacial score (nSPS) is 17.0. The third-order valence-electron chi connectivity index (χ3n) is 6.49. The van der Waals surface area contributed by atoms with Crippen LogP contribution in [0.4, 0.5) is 30.5 Å². The summed E-state index contributed by atoms with van der Waals surface area (Å²) >= 11 is 0. The third kappa shape index (κ3) is 7.63. The second-order valence-corrected chi connectivity index (χ2v) is 9.52. The summed E-state index contributed by atoms with van der Waals surface area (Å²) < 4.78 is 39.5. The quantitative estimate of drug-likeness (QED) is 0.229. The van der Waals surface area contributed by atoms with Crippen LogP contribution < -0.4 is 21.1 Å². The lowest BCUT2D eigenvalue weighted by atomic mass is 9.92. The van der Waals surface area contributed by atoms with Crippen molar-refractivity contribution in [3.8, 4) is 5.75 Å². The van der Waals surface area contributed by atoms with Gasteiger partial charge < -0.3 is 26.2 Å². The second-order valence-electron chi connectivity index (χ2n) is 9.52. The van der Waals surface area contributed by atoms with E-state index in [1.165, 1.54) is 0 Å². The molecule has 9 nitrogen and oxygen atoms in total. The number of hydrogen-bond acceptors (Lipinski definition) is 7. The van der Waals surface area contributed by atoms with Crippen LogP contribution in [0.1, 0.15) is 36.8 Å². The van der Waals surface area contributed by atoms with Crippen LogP contribution in [-0.4, -0.2) is 43.9 Å². The fourth-order valence-electron chi connectivity index (χ4n) is 4.28. The third-order valence-corrected chi connectivity index (χ3v) is 6.49. The summed E-state index contributed by atoms with van der Waals surface area (Å²) in [4.78, 5) is 13.7. The van der Waals surface area contributed by atoms with Crippen LogP contribution in [0, 0.1) is 6.92 Å². The van der Waals surface area contributed by atoms with Crippen LogP contribution in [0.3, 0.4) is 0 Å². The lowest BCUT2D eigenvalue weighted by molar-refractivity contribution is -0.192. The monoisotopic (exact) mass is 556 g/mol. The number of nitrogens with two attached hydrogens (primary N) is 1. The van der Waals surface area contributed by atoms with Gasteiger partial charge in [0.2, 0.25) is 0 Å². The van der Waals surface area contributed by atoms with Gasteiger partial charge in [0.05, 0.1) is 6.20 Å². The van der Waals surface area contributed by atoms with E-state index in [9.17, 15) is 13.2 Å². The Kier molecular flexibility index (Phi) is 9.10. The van der Waals surface area contributed by atoms with Gasteiger partial charge in [0.15, 0.2) is 5.65 Å². The van der Waals surface area contributed by atoms with Crippen LogP contribution in [0.15, 0.2) is 66.9 Å². The Morgan fingerprint density at radius 3 is 2.35 bits per heavy atom. The van der Waals surface area contributed by atoms with E-state index < -0.39 is 12.1 Å². The van der Waals surface area contributed by atoms with Crippen molar-refractivity contribution >= 4 is 28.9 Å². The highest BCUT2D eigenvalue weighted by atomic mass is 19.4. The molecule has 0 spiro atoms. The summed E-state index contributed by atoms with van der Waals surface area (Å²) in [6.45, 7) is 2.62. The molecule has 5 rings (SSSR count). The number of rotatable bonds is 7. The first kappa shape index (κ1) is 28.7. The molecule has 40 heavy (non-hydrogen) atoms. The maximum atomic E-state index is 10.6. The van der Waals surface area contributed by atoms with E-state index in [1.807, 2.05) is 53.0 Å². The molecular weight excluding hydrogens is 525 g/mol. The first-order valence-corrected chi connectivity index (χ1v) is 12.8. The van der Waals surface area contributed by atoms with Gasteiger partial charge in [-0.15, -0.1) is 0 Å². The molecule has 1 aliphatic carbocycles. The number of alkyl halides is 3. The van der Waals surface area contributed by atoms with E-state index in [1.54, 1.807) is 6.20 Å². The molecule has 2 aromatic carbocycles. The molecule has 2 heterocycles. The van der Waals surface area contributed by atoms with Gasteiger partial charge in [-0.2, -0.15) is 22.8 Å². The Morgan fingerprint density at radius 2 is 1.73 bits per heavy atom. The number of carboxylic acid groups (broad SMARTS) is 1. The molecule has 2 aromatic heterocycles. The van der Waals surface area contributed by atoms with Crippen LogP contribution in [0.25, 0.3) is 5.65 Å². The minimum absolute atomic E-state index is 0.325. The Labute approximate surface area is 229 Å². The number of aromatic nitrogens is 3. The SMILES string of the molecule is Cc1c(NC2CCC(N)CC2)nc2ccnn2c1Nc1ccc(OCc2ccccc2)cc1.O=C(O)C(F)(F)F. The number of ether oxygens (including phenoxy) is 1. The Hall–Kier alpha value is -4.32. The van der Waals surface area contributed by atoms with Gasteiger partial charge in [-0.3, -0.25) is 0 Å². The Balaban J connectivity index is 0.000000470. The molecule has 0 bridgehead atoms. The summed E-state index contributed by atoms with van der Waals surface area (Å²) in [6, 6.07) is 20.8. The van der Waals surface area contributed by atoms with Gasteiger partial charge in [0.25, 0.3) is 0 Å². The summed E-state index contributed by atoms with van der Waals surface area (Å²) in [7, 11) is 0. The summed E-state index contributed by atoms with van der Waals surface area (Å²) in [6.07, 6.45) is 0.932. The minimum atomic E-state index is -5.08. The van der Waals surface area contributed by atoms with Crippen LogP contribution in [-0.2, 0) is 11.4 Å². The van der Waals surface area contributed by atoms with Crippen molar-refractivity contribution in [3.63, 3.8) is 0 Å². The average molecular weight is 557 g/mol. The van der Waals surface area contributed by atoms with E-state index in [4.69, 9.17) is 25.4 Å². The summed E-state index contributed by atoms with van der Waals surface area (Å²) in [5, 5.41) is 18.8. The standard InChI is InChI=1S/C26H30N6O.C2HF3O2/c1-18-25(29-21-9-7-20(27)8-10-21)31-24-15-16-28-32(24)26(18)30-22-11-13-23(14-12-22)33-17-19-5-3-2-4-6-19;3-2(4,5)1(6)7/h2-6,11-16,20-21,30H,7-10,17,27H2,1H3,(H,29,31);(H,6,7). The van der Waals surface area contributed by atoms with Crippen LogP contribution >= 0.6 is 0 Å². The highest BCUT2D eigenvalue weighted by molar-refractivity contribution is 5.73. The van der Waals surface area contributed by atoms with Gasteiger partial charge in [-0.05, 0) is 62.4 Å². The van der Waals surface area contributed by atoms with Crippen LogP contribution in [0.5, 0.6) is 5.75 Å². The molecule has 0 aliphatic heterocycles. The van der Waals surface area contributed by atoms with Crippen molar-refractivity contribution in [1.29, 1.82) is 0 Å². The topological polar surface area (TPSA) is 127 Å². The highest BCUT2D eigenvalue weighted by Gasteiger charge is 2.38. The lowest BCUT2D eigenvalue weighted by Crippen LogP contribution is -2.33. The first-order valence-electron chi connectivity index (χ1n) is 12.8. The van der Waals surface area contributed by atoms with Gasteiger partial charge >= 0.3 is 12.1 Å². The van der Waals surface area contributed by atoms with Crippen molar-refractivity contribution in [3.05, 3.63) is 78.0 Å². The minimum Gasteiger partial charge on any atom is -0.489 e. The maximum Gasteiger partial charge on any atom is 0.490 e. The van der Waals surface area contributed by atoms with Crippen molar-refractivity contribution in [2.24, 2.45) is 5.73 Å². The second kappa shape index (κ2) is 12.7. The number of hydrogen-bond donors (Lipinski definition) is 4. The predicted molar refractivity (Wildman–Crippen MR) is 146 cm³/mol. The molecule has 1 saturated carbocycles. The van der Waals surface area contributed by atoms with Crippen molar-refractivity contribution in [2.75, 3.05) is 10.6 Å². The van der Waals surface area contributed by atoms with E-state index >= 15 is 0 Å². The average Bonchev–Trinajstić information content (AvgIpc) is 3.40. The van der Waals surface area contributed by atoms with Crippen LogP contribution in [0.2, 0.25) is 0 Å². The number of anilines is 3. The number of halogens is 3. The van der Waals surface area contributed by atoms with Gasteiger partial charge in [0.1, 0.15) is 24.0 Å². The van der Waals surface area contributed by atoms with Gasteiger partial charge in [0, 0.05) is 29.4 Å². The number of nitrogens with one attached hydrogen (secondary N) is 2. The fraction of sp³-hybridized carbons (Fsp3) is 0.321. The number of carbonyl (C=O) groups is 1. The largest absolute Gasteiger partial charge is 0.490 e. The number of carboxylic acids is 1. The Morgan fingerprint density at radius 1 is 1.07 bits per heavy atom. The number of aliphatic carboxylic acids is 1.